The van der Waals surface area contributed by atoms with Crippen LogP contribution < -0.4 is 15.4 Å². The first-order valence-corrected chi connectivity index (χ1v) is 7.36. The summed E-state index contributed by atoms with van der Waals surface area (Å²) in [6, 6.07) is 1.73. The summed E-state index contributed by atoms with van der Waals surface area (Å²) >= 11 is 0. The summed E-state index contributed by atoms with van der Waals surface area (Å²) < 4.78 is 17.0. The zero-order valence-corrected chi connectivity index (χ0v) is 10.5. The van der Waals surface area contributed by atoms with Gasteiger partial charge in [0.2, 0.25) is 0 Å². The number of rotatable bonds is 4. The van der Waals surface area contributed by atoms with Crippen LogP contribution in [0.15, 0.2) is 12.3 Å². The molecule has 1 rings (SSSR count). The van der Waals surface area contributed by atoms with Gasteiger partial charge in [0.25, 0.3) is 0 Å². The second kappa shape index (κ2) is 5.05. The van der Waals surface area contributed by atoms with Gasteiger partial charge in [-0.05, 0) is 19.4 Å². The molecule has 1 N–H and O–H groups in total. The molecule has 0 saturated heterocycles. The first-order chi connectivity index (χ1) is 7.49. The summed E-state index contributed by atoms with van der Waals surface area (Å²) in [6.45, 7) is 3.76. The van der Waals surface area contributed by atoms with Crippen molar-refractivity contribution in [2.75, 3.05) is 32.3 Å². The molecule has 4 nitrogen and oxygen atoms in total. The van der Waals surface area contributed by atoms with Gasteiger partial charge in [0.15, 0.2) is 11.6 Å². The fourth-order valence-electron chi connectivity index (χ4n) is 1.15. The third kappa shape index (κ3) is 3.01. The number of ether oxygens (including phenoxy) is 1. The fourth-order valence-corrected chi connectivity index (χ4v) is 1.92. The minimum absolute atomic E-state index is 0.374. The van der Waals surface area contributed by atoms with E-state index in [1.807, 2.05) is 0 Å². The number of aromatic nitrogens is 1. The molecular formula is C11H15N2O2P. The second-order valence-electron chi connectivity index (χ2n) is 3.65. The molecule has 0 unspecified atom stereocenters. The highest BCUT2D eigenvalue weighted by atomic mass is 31.2. The van der Waals surface area contributed by atoms with Gasteiger partial charge in [-0.2, -0.15) is 0 Å². The Labute approximate surface area is 95.8 Å². The third-order valence-electron chi connectivity index (χ3n) is 2.04. The maximum Gasteiger partial charge on any atom is 0.169 e. The molecule has 0 aliphatic heterocycles. The van der Waals surface area contributed by atoms with E-state index in [0.717, 1.165) is 0 Å². The van der Waals surface area contributed by atoms with Crippen LogP contribution in [0.3, 0.4) is 0 Å². The van der Waals surface area contributed by atoms with E-state index in [4.69, 9.17) is 11.2 Å². The van der Waals surface area contributed by atoms with Crippen molar-refractivity contribution in [2.45, 2.75) is 0 Å². The number of hydrogen-bond acceptors (Lipinski definition) is 4. The van der Waals surface area contributed by atoms with Crippen molar-refractivity contribution in [3.05, 3.63) is 12.3 Å². The van der Waals surface area contributed by atoms with Crippen LogP contribution >= 0.6 is 7.14 Å². The first kappa shape index (κ1) is 12.6. The minimum atomic E-state index is -2.31. The molecule has 1 aromatic rings. The number of anilines is 1. The molecule has 0 aromatic carbocycles. The standard InChI is InChI=1S/C11H15N2O2P/c1-5-6-12-11-10(15-2)7-9(8-13-11)16(3,4)14/h1,7-8H,6H2,2-4H3,(H,12,13). The Hall–Kier alpha value is -1.46. The average molecular weight is 238 g/mol. The summed E-state index contributed by atoms with van der Waals surface area (Å²) in [7, 11) is -0.775. The Morgan fingerprint density at radius 3 is 2.81 bits per heavy atom. The van der Waals surface area contributed by atoms with Crippen molar-refractivity contribution in [1.82, 2.24) is 4.98 Å². The summed E-state index contributed by atoms with van der Waals surface area (Å²) in [4.78, 5) is 4.15. The third-order valence-corrected chi connectivity index (χ3v) is 3.53. The van der Waals surface area contributed by atoms with Crippen LogP contribution in [0.5, 0.6) is 5.75 Å². The Bertz CT molecular complexity index is 460. The summed E-state index contributed by atoms with van der Waals surface area (Å²) in [5.74, 6) is 3.57. The number of nitrogens with one attached hydrogen (secondary N) is 1. The van der Waals surface area contributed by atoms with E-state index in [1.54, 1.807) is 25.6 Å². The minimum Gasteiger partial charge on any atom is -0.493 e. The lowest BCUT2D eigenvalue weighted by atomic mass is 10.4. The Morgan fingerprint density at radius 1 is 1.62 bits per heavy atom. The molecule has 16 heavy (non-hydrogen) atoms. The van der Waals surface area contributed by atoms with Crippen molar-refractivity contribution in [1.29, 1.82) is 0 Å². The molecule has 86 valence electrons. The van der Waals surface area contributed by atoms with Gasteiger partial charge in [0.1, 0.15) is 7.14 Å². The maximum atomic E-state index is 11.9. The maximum absolute atomic E-state index is 11.9. The Kier molecular flexibility index (Phi) is 3.98. The van der Waals surface area contributed by atoms with Gasteiger partial charge >= 0.3 is 0 Å². The Balaban J connectivity index is 3.08. The normalized spacial score (nSPS) is 10.6. The van der Waals surface area contributed by atoms with Gasteiger partial charge < -0.3 is 14.6 Å². The number of nitrogens with zero attached hydrogens (tertiary/aromatic N) is 1. The van der Waals surface area contributed by atoms with Crippen LogP contribution in [0.2, 0.25) is 0 Å². The molecule has 1 aromatic heterocycles. The highest BCUT2D eigenvalue weighted by Gasteiger charge is 2.14. The van der Waals surface area contributed by atoms with Crippen LogP contribution in [-0.2, 0) is 4.57 Å². The van der Waals surface area contributed by atoms with E-state index in [0.29, 0.717) is 23.4 Å². The summed E-state index contributed by atoms with van der Waals surface area (Å²) in [5.41, 5.74) is 0. The predicted molar refractivity (Wildman–Crippen MR) is 67.2 cm³/mol. The molecule has 1 heterocycles. The van der Waals surface area contributed by atoms with E-state index in [-0.39, 0.29) is 0 Å². The van der Waals surface area contributed by atoms with Gasteiger partial charge in [-0.25, -0.2) is 4.98 Å². The van der Waals surface area contributed by atoms with E-state index >= 15 is 0 Å². The lowest BCUT2D eigenvalue weighted by Gasteiger charge is -2.12. The lowest BCUT2D eigenvalue weighted by Crippen LogP contribution is -2.09. The SMILES string of the molecule is C#CCNc1ncc(P(C)(C)=O)cc1OC. The topological polar surface area (TPSA) is 51.2 Å². The molecule has 0 radical (unpaired) electrons. The quantitative estimate of drug-likeness (QED) is 0.636. The van der Waals surface area contributed by atoms with Crippen LogP contribution in [-0.4, -0.2) is 32.0 Å². The van der Waals surface area contributed by atoms with E-state index in [2.05, 4.69) is 16.2 Å². The zero-order chi connectivity index (χ0) is 12.2. The van der Waals surface area contributed by atoms with Crippen LogP contribution in [0, 0.1) is 12.3 Å². The molecule has 0 bridgehead atoms. The molecular weight excluding hydrogens is 223 g/mol. The molecule has 0 fully saturated rings. The molecule has 5 heteroatoms. The van der Waals surface area contributed by atoms with Crippen molar-refractivity contribution in [3.8, 4) is 18.1 Å². The number of hydrogen-bond donors (Lipinski definition) is 1. The largest absolute Gasteiger partial charge is 0.493 e. The molecule has 0 aliphatic carbocycles. The highest BCUT2D eigenvalue weighted by Crippen LogP contribution is 2.36. The molecule has 0 aliphatic rings. The number of pyridine rings is 1. The summed E-state index contributed by atoms with van der Waals surface area (Å²) in [6.07, 6.45) is 6.73. The van der Waals surface area contributed by atoms with Gasteiger partial charge in [-0.15, -0.1) is 6.42 Å². The van der Waals surface area contributed by atoms with Crippen molar-refractivity contribution >= 4 is 18.3 Å². The fraction of sp³-hybridized carbons (Fsp3) is 0.364. The predicted octanol–water partition coefficient (Wildman–Crippen LogP) is 1.38. The summed E-state index contributed by atoms with van der Waals surface area (Å²) in [5, 5.41) is 3.62. The van der Waals surface area contributed by atoms with E-state index < -0.39 is 7.14 Å². The van der Waals surface area contributed by atoms with Crippen molar-refractivity contribution in [3.63, 3.8) is 0 Å². The Morgan fingerprint density at radius 2 is 2.31 bits per heavy atom. The van der Waals surface area contributed by atoms with Gasteiger partial charge in [-0.1, -0.05) is 5.92 Å². The molecule has 0 spiro atoms. The van der Waals surface area contributed by atoms with E-state index in [1.165, 1.54) is 7.11 Å². The first-order valence-electron chi connectivity index (χ1n) is 4.76. The molecule has 0 amide bonds. The number of terminal acetylenes is 1. The van der Waals surface area contributed by atoms with Crippen LogP contribution in [0.4, 0.5) is 5.82 Å². The highest BCUT2D eigenvalue weighted by molar-refractivity contribution is 7.70. The van der Waals surface area contributed by atoms with Gasteiger partial charge in [-0.3, -0.25) is 0 Å². The zero-order valence-electron chi connectivity index (χ0n) is 9.65. The van der Waals surface area contributed by atoms with Crippen LogP contribution in [0.25, 0.3) is 0 Å². The molecule has 0 atom stereocenters. The number of methoxy groups -OCH3 is 1. The van der Waals surface area contributed by atoms with E-state index in [9.17, 15) is 4.57 Å². The molecule has 0 saturated carbocycles. The van der Waals surface area contributed by atoms with Crippen molar-refractivity contribution in [2.24, 2.45) is 0 Å². The monoisotopic (exact) mass is 238 g/mol. The second-order valence-corrected chi connectivity index (χ2v) is 6.87. The van der Waals surface area contributed by atoms with Crippen molar-refractivity contribution < 1.29 is 9.30 Å². The lowest BCUT2D eigenvalue weighted by molar-refractivity contribution is 0.415. The van der Waals surface area contributed by atoms with Gasteiger partial charge in [0, 0.05) is 11.5 Å². The average Bonchev–Trinajstić information content (AvgIpc) is 2.24. The smallest absolute Gasteiger partial charge is 0.169 e. The van der Waals surface area contributed by atoms with Gasteiger partial charge in [0.05, 0.1) is 13.7 Å². The van der Waals surface area contributed by atoms with Crippen LogP contribution in [0.1, 0.15) is 0 Å².